The van der Waals surface area contributed by atoms with Gasteiger partial charge in [0, 0.05) is 32.2 Å². The van der Waals surface area contributed by atoms with Crippen molar-refractivity contribution in [3.8, 4) is 0 Å². The maximum Gasteiger partial charge on any atom is 0.0833 e. The Morgan fingerprint density at radius 1 is 1.25 bits per heavy atom. The van der Waals surface area contributed by atoms with Gasteiger partial charge in [0.15, 0.2) is 0 Å². The van der Waals surface area contributed by atoms with Crippen LogP contribution in [0.1, 0.15) is 33.1 Å². The van der Waals surface area contributed by atoms with Crippen molar-refractivity contribution in [2.24, 2.45) is 0 Å². The average Bonchev–Trinajstić information content (AvgIpc) is 2.33. The van der Waals surface area contributed by atoms with E-state index in [0.717, 1.165) is 19.7 Å². The Labute approximate surface area is 99.7 Å². The quantitative estimate of drug-likeness (QED) is 0.711. The van der Waals surface area contributed by atoms with Crippen LogP contribution in [0.2, 0.25) is 0 Å². The lowest BCUT2D eigenvalue weighted by molar-refractivity contribution is -0.140. The topological polar surface area (TPSA) is 15.7 Å². The van der Waals surface area contributed by atoms with Gasteiger partial charge in [0.1, 0.15) is 0 Å². The zero-order valence-corrected chi connectivity index (χ0v) is 11.0. The summed E-state index contributed by atoms with van der Waals surface area (Å²) in [5.74, 6) is 0. The van der Waals surface area contributed by atoms with Gasteiger partial charge in [-0.1, -0.05) is 6.92 Å². The number of rotatable bonds is 2. The summed E-state index contributed by atoms with van der Waals surface area (Å²) in [5, 5.41) is 0. The number of likely N-dealkylation sites (tertiary alicyclic amines) is 1. The molecule has 0 aromatic carbocycles. The fraction of sp³-hybridized carbons (Fsp3) is 1.00. The van der Waals surface area contributed by atoms with E-state index in [2.05, 4.69) is 30.7 Å². The third-order valence-corrected chi connectivity index (χ3v) is 4.39. The zero-order valence-electron chi connectivity index (χ0n) is 11.0. The van der Waals surface area contributed by atoms with Crippen molar-refractivity contribution in [3.05, 3.63) is 0 Å². The predicted molar refractivity (Wildman–Crippen MR) is 66.7 cm³/mol. The molecule has 0 N–H and O–H groups in total. The largest absolute Gasteiger partial charge is 0.372 e. The van der Waals surface area contributed by atoms with E-state index in [1.54, 1.807) is 0 Å². The lowest BCUT2D eigenvalue weighted by Gasteiger charge is -2.48. The molecule has 94 valence electrons. The Morgan fingerprint density at radius 2 is 1.94 bits per heavy atom. The number of ether oxygens (including phenoxy) is 1. The molecular weight excluding hydrogens is 200 g/mol. The van der Waals surface area contributed by atoms with Gasteiger partial charge >= 0.3 is 0 Å². The second-order valence-electron chi connectivity index (χ2n) is 5.56. The summed E-state index contributed by atoms with van der Waals surface area (Å²) in [6.07, 6.45) is 3.66. The number of nitrogens with zero attached hydrogens (tertiary/aromatic N) is 2. The van der Waals surface area contributed by atoms with Gasteiger partial charge in [-0.25, -0.2) is 0 Å². The lowest BCUT2D eigenvalue weighted by atomic mass is 9.89. The monoisotopic (exact) mass is 226 g/mol. The molecule has 0 aromatic rings. The molecule has 2 fully saturated rings. The normalized spacial score (nSPS) is 29.4. The van der Waals surface area contributed by atoms with E-state index in [-0.39, 0.29) is 5.60 Å². The third kappa shape index (κ3) is 2.58. The fourth-order valence-electron chi connectivity index (χ4n) is 2.84. The second-order valence-corrected chi connectivity index (χ2v) is 5.56. The van der Waals surface area contributed by atoms with Crippen LogP contribution < -0.4 is 0 Å². The molecule has 1 atom stereocenters. The average molecular weight is 226 g/mol. The smallest absolute Gasteiger partial charge is 0.0833 e. The first-order chi connectivity index (χ1) is 7.65. The Hall–Kier alpha value is -0.120. The molecule has 0 radical (unpaired) electrons. The first-order valence-corrected chi connectivity index (χ1v) is 6.72. The maximum absolute atomic E-state index is 6.11. The second kappa shape index (κ2) is 5.03. The van der Waals surface area contributed by atoms with Gasteiger partial charge in [0.2, 0.25) is 0 Å². The Morgan fingerprint density at radius 3 is 2.56 bits per heavy atom. The fourth-order valence-corrected chi connectivity index (χ4v) is 2.84. The van der Waals surface area contributed by atoms with Crippen LogP contribution in [0, 0.1) is 0 Å². The van der Waals surface area contributed by atoms with E-state index >= 15 is 0 Å². The molecule has 0 aromatic heterocycles. The Balaban J connectivity index is 1.95. The summed E-state index contributed by atoms with van der Waals surface area (Å²) < 4.78 is 6.11. The van der Waals surface area contributed by atoms with E-state index in [4.69, 9.17) is 4.74 Å². The van der Waals surface area contributed by atoms with Gasteiger partial charge in [0.05, 0.1) is 12.2 Å². The van der Waals surface area contributed by atoms with E-state index in [1.807, 2.05) is 0 Å². The van der Waals surface area contributed by atoms with Crippen LogP contribution in [-0.2, 0) is 4.74 Å². The van der Waals surface area contributed by atoms with Crippen molar-refractivity contribution in [1.29, 1.82) is 0 Å². The van der Waals surface area contributed by atoms with E-state index in [0.29, 0.717) is 6.04 Å². The van der Waals surface area contributed by atoms with Crippen molar-refractivity contribution in [1.82, 2.24) is 9.80 Å². The van der Waals surface area contributed by atoms with Crippen LogP contribution in [0.3, 0.4) is 0 Å². The molecule has 0 saturated carbocycles. The molecule has 2 aliphatic rings. The summed E-state index contributed by atoms with van der Waals surface area (Å²) in [6, 6.07) is 0.709. The van der Waals surface area contributed by atoms with Gasteiger partial charge in [-0.05, 0) is 33.2 Å². The van der Waals surface area contributed by atoms with Gasteiger partial charge < -0.3 is 9.64 Å². The van der Waals surface area contributed by atoms with Crippen LogP contribution in [-0.4, -0.2) is 61.3 Å². The molecule has 16 heavy (non-hydrogen) atoms. The molecule has 2 aliphatic heterocycles. The van der Waals surface area contributed by atoms with E-state index < -0.39 is 0 Å². The van der Waals surface area contributed by atoms with Gasteiger partial charge in [-0.2, -0.15) is 0 Å². The molecule has 0 bridgehead atoms. The van der Waals surface area contributed by atoms with E-state index in [9.17, 15) is 0 Å². The lowest BCUT2D eigenvalue weighted by Crippen LogP contribution is -2.58. The summed E-state index contributed by atoms with van der Waals surface area (Å²) in [7, 11) is 2.21. The molecule has 2 heterocycles. The van der Waals surface area contributed by atoms with Crippen LogP contribution in [0.15, 0.2) is 0 Å². The predicted octanol–water partition coefficient (Wildman–Crippen LogP) is 1.58. The number of morpholine rings is 1. The van der Waals surface area contributed by atoms with Crippen LogP contribution in [0.25, 0.3) is 0 Å². The minimum atomic E-state index is 0.175. The minimum Gasteiger partial charge on any atom is -0.372 e. The van der Waals surface area contributed by atoms with Crippen LogP contribution in [0.5, 0.6) is 0 Å². The summed E-state index contributed by atoms with van der Waals surface area (Å²) in [5.41, 5.74) is 0.175. The molecule has 3 heteroatoms. The highest BCUT2D eigenvalue weighted by atomic mass is 16.5. The van der Waals surface area contributed by atoms with Crippen molar-refractivity contribution in [3.63, 3.8) is 0 Å². The Kier molecular flexibility index (Phi) is 3.88. The van der Waals surface area contributed by atoms with Crippen molar-refractivity contribution in [2.45, 2.75) is 44.8 Å². The van der Waals surface area contributed by atoms with Gasteiger partial charge in [0.25, 0.3) is 0 Å². The minimum absolute atomic E-state index is 0.175. The highest BCUT2D eigenvalue weighted by Crippen LogP contribution is 2.30. The van der Waals surface area contributed by atoms with Crippen LogP contribution >= 0.6 is 0 Å². The SMILES string of the molecule is CCC(C)N1CCOC2(CCN(C)CC2)C1. The van der Waals surface area contributed by atoms with E-state index in [1.165, 1.54) is 32.4 Å². The highest BCUT2D eigenvalue weighted by molar-refractivity contribution is 4.93. The maximum atomic E-state index is 6.11. The first kappa shape index (κ1) is 12.3. The third-order valence-electron chi connectivity index (χ3n) is 4.39. The summed E-state index contributed by atoms with van der Waals surface area (Å²) in [6.45, 7) is 10.2. The first-order valence-electron chi connectivity index (χ1n) is 6.72. The number of hydrogen-bond donors (Lipinski definition) is 0. The highest BCUT2D eigenvalue weighted by Gasteiger charge is 2.39. The Bertz CT molecular complexity index is 224. The molecule has 3 nitrogen and oxygen atoms in total. The molecule has 0 aliphatic carbocycles. The summed E-state index contributed by atoms with van der Waals surface area (Å²) in [4.78, 5) is 5.03. The summed E-state index contributed by atoms with van der Waals surface area (Å²) >= 11 is 0. The molecule has 1 spiro atoms. The molecule has 2 rings (SSSR count). The molecule has 0 amide bonds. The van der Waals surface area contributed by atoms with Gasteiger partial charge in [-0.3, -0.25) is 4.90 Å². The number of piperidine rings is 1. The van der Waals surface area contributed by atoms with Crippen molar-refractivity contribution >= 4 is 0 Å². The van der Waals surface area contributed by atoms with Crippen molar-refractivity contribution < 1.29 is 4.74 Å². The van der Waals surface area contributed by atoms with Crippen molar-refractivity contribution in [2.75, 3.05) is 39.8 Å². The standard InChI is InChI=1S/C13H26N2O/c1-4-12(2)15-9-10-16-13(11-15)5-7-14(3)8-6-13/h12H,4-11H2,1-3H3. The van der Waals surface area contributed by atoms with Crippen LogP contribution in [0.4, 0.5) is 0 Å². The molecule has 1 unspecified atom stereocenters. The molecule has 2 saturated heterocycles. The zero-order chi connectivity index (χ0) is 11.6. The number of hydrogen-bond acceptors (Lipinski definition) is 3. The molecular formula is C13H26N2O. The van der Waals surface area contributed by atoms with Gasteiger partial charge in [-0.15, -0.1) is 0 Å².